The summed E-state index contributed by atoms with van der Waals surface area (Å²) in [5.41, 5.74) is 1.84. The Labute approximate surface area is 156 Å². The Balaban J connectivity index is 1.41. The van der Waals surface area contributed by atoms with E-state index in [0.29, 0.717) is 11.5 Å². The highest BCUT2D eigenvalue weighted by Crippen LogP contribution is 2.29. The van der Waals surface area contributed by atoms with Crippen LogP contribution >= 0.6 is 0 Å². The van der Waals surface area contributed by atoms with Crippen LogP contribution < -0.4 is 5.32 Å². The van der Waals surface area contributed by atoms with Gasteiger partial charge in [0.25, 0.3) is 5.91 Å². The molecule has 1 saturated carbocycles. The fourth-order valence-electron chi connectivity index (χ4n) is 3.58. The zero-order valence-corrected chi connectivity index (χ0v) is 14.8. The highest BCUT2D eigenvalue weighted by Gasteiger charge is 2.27. The minimum atomic E-state index is -0.243. The number of hydrogen-bond donors (Lipinski definition) is 2. The molecule has 2 atom stereocenters. The summed E-state index contributed by atoms with van der Waals surface area (Å²) in [7, 11) is 0. The standard InChI is InChI=1S/C19H21N5O3/c25-12-16-11-20-23-24(16)15-8-4-7-14(9-15)21-19(26)17-10-18(27-22-17)13-5-2-1-3-6-13/h1-3,5-6,10-11,14-15,25H,4,7-9,12H2,(H,21,26). The van der Waals surface area contributed by atoms with Crippen molar-refractivity contribution in [1.82, 2.24) is 25.5 Å². The van der Waals surface area contributed by atoms with Crippen LogP contribution in [0.25, 0.3) is 11.3 Å². The van der Waals surface area contributed by atoms with Gasteiger partial charge in [0.05, 0.1) is 24.5 Å². The molecule has 1 amide bonds. The summed E-state index contributed by atoms with van der Waals surface area (Å²) in [4.78, 5) is 12.6. The van der Waals surface area contributed by atoms with Crippen molar-refractivity contribution >= 4 is 5.91 Å². The Morgan fingerprint density at radius 3 is 2.96 bits per heavy atom. The number of nitrogens with one attached hydrogen (secondary N) is 1. The number of amides is 1. The molecule has 2 aromatic heterocycles. The van der Waals surface area contributed by atoms with Crippen LogP contribution in [0, 0.1) is 0 Å². The largest absolute Gasteiger partial charge is 0.390 e. The Hall–Kier alpha value is -3.00. The first-order chi connectivity index (χ1) is 13.2. The van der Waals surface area contributed by atoms with Crippen LogP contribution in [0.2, 0.25) is 0 Å². The van der Waals surface area contributed by atoms with E-state index in [2.05, 4.69) is 20.8 Å². The van der Waals surface area contributed by atoms with Crippen LogP contribution in [0.15, 0.2) is 47.1 Å². The van der Waals surface area contributed by atoms with Gasteiger partial charge in [0, 0.05) is 17.7 Å². The van der Waals surface area contributed by atoms with Gasteiger partial charge in [0.1, 0.15) is 0 Å². The van der Waals surface area contributed by atoms with Crippen LogP contribution in [0.3, 0.4) is 0 Å². The van der Waals surface area contributed by atoms with Gasteiger partial charge in [-0.15, -0.1) is 5.10 Å². The van der Waals surface area contributed by atoms with Gasteiger partial charge in [0.2, 0.25) is 0 Å². The lowest BCUT2D eigenvalue weighted by molar-refractivity contribution is 0.0909. The number of carbonyl (C=O) groups is 1. The molecule has 2 N–H and O–H groups in total. The summed E-state index contributed by atoms with van der Waals surface area (Å²) in [6.45, 7) is -0.0955. The third kappa shape index (κ3) is 3.75. The van der Waals surface area contributed by atoms with Gasteiger partial charge < -0.3 is 14.9 Å². The normalized spacial score (nSPS) is 19.7. The maximum Gasteiger partial charge on any atom is 0.273 e. The number of aromatic nitrogens is 4. The van der Waals surface area contributed by atoms with Crippen molar-refractivity contribution in [1.29, 1.82) is 0 Å². The molecule has 4 rings (SSSR count). The summed E-state index contributed by atoms with van der Waals surface area (Å²) >= 11 is 0. The van der Waals surface area contributed by atoms with Crippen LogP contribution in [-0.4, -0.2) is 37.2 Å². The predicted octanol–water partition coefficient (Wildman–Crippen LogP) is 2.34. The number of nitrogens with zero attached hydrogens (tertiary/aromatic N) is 4. The SMILES string of the molecule is O=C(NC1CCCC(n2nncc2CO)C1)c1cc(-c2ccccc2)on1. The maximum atomic E-state index is 12.6. The molecule has 0 aliphatic heterocycles. The molecule has 1 fully saturated rings. The van der Waals surface area contributed by atoms with Crippen LogP contribution in [0.1, 0.15) is 47.9 Å². The third-order valence-corrected chi connectivity index (χ3v) is 4.94. The third-order valence-electron chi connectivity index (χ3n) is 4.94. The van der Waals surface area contributed by atoms with Gasteiger partial charge in [-0.2, -0.15) is 0 Å². The fraction of sp³-hybridized carbons (Fsp3) is 0.368. The fourth-order valence-corrected chi connectivity index (χ4v) is 3.58. The number of aliphatic hydroxyl groups excluding tert-OH is 1. The molecule has 3 aromatic rings. The number of aliphatic hydroxyl groups is 1. The first-order valence-electron chi connectivity index (χ1n) is 9.07. The summed E-state index contributed by atoms with van der Waals surface area (Å²) in [5, 5.41) is 24.3. The van der Waals surface area contributed by atoms with Crippen LogP contribution in [0.4, 0.5) is 0 Å². The zero-order valence-electron chi connectivity index (χ0n) is 14.8. The predicted molar refractivity (Wildman–Crippen MR) is 96.6 cm³/mol. The van der Waals surface area contributed by atoms with Crippen molar-refractivity contribution in [3.05, 3.63) is 54.0 Å². The van der Waals surface area contributed by atoms with Crippen molar-refractivity contribution in [3.8, 4) is 11.3 Å². The minimum absolute atomic E-state index is 0.0175. The average Bonchev–Trinajstić information content (AvgIpc) is 3.38. The number of carbonyl (C=O) groups excluding carboxylic acids is 1. The molecule has 2 heterocycles. The topological polar surface area (TPSA) is 106 Å². The minimum Gasteiger partial charge on any atom is -0.390 e. The van der Waals surface area contributed by atoms with E-state index in [1.165, 1.54) is 0 Å². The number of rotatable bonds is 5. The Kier molecular flexibility index (Phi) is 4.97. The molecule has 8 heteroatoms. The molecule has 2 unspecified atom stereocenters. The van der Waals surface area contributed by atoms with E-state index >= 15 is 0 Å². The zero-order chi connectivity index (χ0) is 18.6. The van der Waals surface area contributed by atoms with Crippen molar-refractivity contribution in [3.63, 3.8) is 0 Å². The molecular formula is C19H21N5O3. The quantitative estimate of drug-likeness (QED) is 0.717. The van der Waals surface area contributed by atoms with Crippen molar-refractivity contribution in [2.45, 2.75) is 44.4 Å². The van der Waals surface area contributed by atoms with E-state index in [0.717, 1.165) is 31.2 Å². The van der Waals surface area contributed by atoms with Crippen LogP contribution in [-0.2, 0) is 6.61 Å². The maximum absolute atomic E-state index is 12.6. The van der Waals surface area contributed by atoms with Gasteiger partial charge in [-0.25, -0.2) is 4.68 Å². The van der Waals surface area contributed by atoms with Crippen molar-refractivity contribution in [2.24, 2.45) is 0 Å². The monoisotopic (exact) mass is 367 g/mol. The lowest BCUT2D eigenvalue weighted by Crippen LogP contribution is -2.39. The van der Waals surface area contributed by atoms with E-state index in [1.807, 2.05) is 30.3 Å². The van der Waals surface area contributed by atoms with E-state index in [1.54, 1.807) is 16.9 Å². The average molecular weight is 367 g/mol. The number of hydrogen-bond acceptors (Lipinski definition) is 6. The van der Waals surface area contributed by atoms with E-state index < -0.39 is 0 Å². The molecule has 1 aliphatic carbocycles. The number of benzene rings is 1. The van der Waals surface area contributed by atoms with E-state index in [9.17, 15) is 9.90 Å². The van der Waals surface area contributed by atoms with E-state index in [-0.39, 0.29) is 30.3 Å². The molecule has 0 spiro atoms. The smallest absolute Gasteiger partial charge is 0.273 e. The van der Waals surface area contributed by atoms with Gasteiger partial charge in [-0.05, 0) is 25.7 Å². The summed E-state index contributed by atoms with van der Waals surface area (Å²) in [6.07, 6.45) is 5.13. The summed E-state index contributed by atoms with van der Waals surface area (Å²) in [5.74, 6) is 0.324. The molecular weight excluding hydrogens is 346 g/mol. The van der Waals surface area contributed by atoms with Gasteiger partial charge >= 0.3 is 0 Å². The molecule has 1 aromatic carbocycles. The van der Waals surface area contributed by atoms with Crippen molar-refractivity contribution < 1.29 is 14.4 Å². The van der Waals surface area contributed by atoms with Gasteiger partial charge in [-0.1, -0.05) is 40.7 Å². The molecule has 0 bridgehead atoms. The molecule has 1 aliphatic rings. The molecule has 0 radical (unpaired) electrons. The second-order valence-corrected chi connectivity index (χ2v) is 6.76. The lowest BCUT2D eigenvalue weighted by atomic mass is 9.91. The second kappa shape index (κ2) is 7.71. The van der Waals surface area contributed by atoms with Gasteiger partial charge in [0.15, 0.2) is 11.5 Å². The Morgan fingerprint density at radius 1 is 1.30 bits per heavy atom. The Morgan fingerprint density at radius 2 is 2.15 bits per heavy atom. The first kappa shape index (κ1) is 17.4. The van der Waals surface area contributed by atoms with Crippen LogP contribution in [0.5, 0.6) is 0 Å². The summed E-state index contributed by atoms with van der Waals surface area (Å²) < 4.78 is 7.08. The van der Waals surface area contributed by atoms with Gasteiger partial charge in [-0.3, -0.25) is 4.79 Å². The molecule has 8 nitrogen and oxygen atoms in total. The van der Waals surface area contributed by atoms with Crippen molar-refractivity contribution in [2.75, 3.05) is 0 Å². The second-order valence-electron chi connectivity index (χ2n) is 6.76. The lowest BCUT2D eigenvalue weighted by Gasteiger charge is -2.30. The Bertz CT molecular complexity index is 905. The summed E-state index contributed by atoms with van der Waals surface area (Å²) in [6, 6.07) is 11.3. The molecule has 0 saturated heterocycles. The molecule has 27 heavy (non-hydrogen) atoms. The molecule has 140 valence electrons. The first-order valence-corrected chi connectivity index (χ1v) is 9.07. The highest BCUT2D eigenvalue weighted by atomic mass is 16.5. The van der Waals surface area contributed by atoms with E-state index in [4.69, 9.17) is 4.52 Å². The highest BCUT2D eigenvalue weighted by molar-refractivity contribution is 5.93.